The summed E-state index contributed by atoms with van der Waals surface area (Å²) in [5.74, 6) is 0. The van der Waals surface area contributed by atoms with Gasteiger partial charge in [-0.05, 0) is 35.3 Å². The minimum atomic E-state index is -5.58. The summed E-state index contributed by atoms with van der Waals surface area (Å²) in [6.07, 6.45) is 17.7. The van der Waals surface area contributed by atoms with Crippen molar-refractivity contribution in [3.8, 4) is 0 Å². The highest BCUT2D eigenvalue weighted by atomic mass is 32.3. The second-order valence-electron chi connectivity index (χ2n) is 9.24. The fraction of sp³-hybridized carbons (Fsp3) is 0.357. The minimum Gasteiger partial charge on any atom is -0.299 e. The average Bonchev–Trinajstić information content (AvgIpc) is 3.25. The lowest BCUT2D eigenvalue weighted by Crippen LogP contribution is -2.32. The summed E-state index contributed by atoms with van der Waals surface area (Å²) in [6.45, 7) is 3.45. The van der Waals surface area contributed by atoms with E-state index in [1.165, 1.54) is 64.0 Å². The number of hydrogen-bond acceptors (Lipinski definition) is 5. The Labute approximate surface area is 224 Å². The molecule has 2 aliphatic rings. The number of halogens is 2. The third-order valence-electron chi connectivity index (χ3n) is 6.39. The number of rotatable bonds is 11. The third kappa shape index (κ3) is 7.77. The van der Waals surface area contributed by atoms with Gasteiger partial charge in [0, 0.05) is 24.1 Å². The molecule has 1 heterocycles. The van der Waals surface area contributed by atoms with Crippen LogP contribution in [0.3, 0.4) is 0 Å². The van der Waals surface area contributed by atoms with Gasteiger partial charge in [-0.1, -0.05) is 75.8 Å². The van der Waals surface area contributed by atoms with Gasteiger partial charge in [0.25, 0.3) is 0 Å². The minimum absolute atomic E-state index is 0.0322. The van der Waals surface area contributed by atoms with Crippen LogP contribution in [0, 0.1) is 5.41 Å². The van der Waals surface area contributed by atoms with Gasteiger partial charge < -0.3 is 0 Å². The maximum atomic E-state index is 13.4. The molecular formula is C28H33F2N2O4S2+. The number of nitrogens with one attached hydrogen (secondary N) is 1. The molecule has 6 nitrogen and oxygen atoms in total. The number of aryl methyl sites for hydroxylation is 1. The molecule has 0 unspecified atom stereocenters. The van der Waals surface area contributed by atoms with Crippen LogP contribution in [0.1, 0.15) is 69.4 Å². The largest absolute Gasteiger partial charge is 0.335 e. The summed E-state index contributed by atoms with van der Waals surface area (Å²) >= 11 is 0. The van der Waals surface area contributed by atoms with Crippen molar-refractivity contribution in [2.24, 2.45) is 0 Å². The number of aromatic nitrogens is 1. The van der Waals surface area contributed by atoms with Gasteiger partial charge in [0.1, 0.15) is 16.4 Å². The fourth-order valence-electron chi connectivity index (χ4n) is 4.49. The van der Waals surface area contributed by atoms with Crippen molar-refractivity contribution in [1.82, 2.24) is 0 Å². The summed E-state index contributed by atoms with van der Waals surface area (Å²) in [5.41, 5.74) is 0.432. The van der Waals surface area contributed by atoms with Gasteiger partial charge in [0.15, 0.2) is 12.4 Å². The molecule has 0 amide bonds. The zero-order chi connectivity index (χ0) is 27.8. The van der Waals surface area contributed by atoms with Crippen LogP contribution in [0.15, 0.2) is 76.3 Å². The Kier molecular flexibility index (Phi) is 10.3. The fourth-order valence-corrected chi connectivity index (χ4v) is 6.32. The highest BCUT2D eigenvalue weighted by Crippen LogP contribution is 2.43. The number of unbranched alkanes of at least 4 members (excludes halogenated alkanes) is 7. The van der Waals surface area contributed by atoms with Crippen molar-refractivity contribution in [2.75, 3.05) is 0 Å². The number of benzene rings is 1. The van der Waals surface area contributed by atoms with Gasteiger partial charge in [-0.25, -0.2) is 4.57 Å². The maximum Gasteiger partial charge on any atom is 0.335 e. The van der Waals surface area contributed by atoms with Gasteiger partial charge in [0.2, 0.25) is 0 Å². The SMILES string of the molecule is CCCCCCCCCC[n+]1ccccc1.N=C1C2=Cc3ccccc3C2=CC(S(=O)(=O)F)=C1S(=O)(=O)F. The van der Waals surface area contributed by atoms with Gasteiger partial charge in [-0.3, -0.25) is 5.41 Å². The van der Waals surface area contributed by atoms with Crippen LogP contribution in [0.5, 0.6) is 0 Å². The van der Waals surface area contributed by atoms with Gasteiger partial charge in [0.05, 0.1) is 5.71 Å². The van der Waals surface area contributed by atoms with Crippen molar-refractivity contribution in [1.29, 1.82) is 5.41 Å². The van der Waals surface area contributed by atoms with E-state index in [1.54, 1.807) is 24.3 Å². The van der Waals surface area contributed by atoms with Crippen molar-refractivity contribution >= 4 is 37.8 Å². The molecule has 1 aromatic heterocycles. The first kappa shape index (κ1) is 29.6. The quantitative estimate of drug-likeness (QED) is 0.194. The maximum absolute atomic E-state index is 13.4. The molecule has 4 rings (SSSR count). The monoisotopic (exact) mass is 563 g/mol. The van der Waals surface area contributed by atoms with E-state index < -0.39 is 36.0 Å². The van der Waals surface area contributed by atoms with Crippen molar-refractivity contribution < 1.29 is 29.2 Å². The molecule has 38 heavy (non-hydrogen) atoms. The second-order valence-corrected chi connectivity index (χ2v) is 11.8. The van der Waals surface area contributed by atoms with Crippen molar-refractivity contribution in [2.45, 2.75) is 64.8 Å². The Morgan fingerprint density at radius 1 is 0.737 bits per heavy atom. The summed E-state index contributed by atoms with van der Waals surface area (Å²) in [7, 11) is -11.1. The number of allylic oxidation sites excluding steroid dienone is 4. The van der Waals surface area contributed by atoms with E-state index in [-0.39, 0.29) is 11.1 Å². The zero-order valence-corrected chi connectivity index (χ0v) is 23.0. The molecule has 0 fully saturated rings. The van der Waals surface area contributed by atoms with Crippen LogP contribution in [0.25, 0.3) is 11.6 Å². The van der Waals surface area contributed by atoms with Crippen LogP contribution in [0.4, 0.5) is 7.77 Å². The Morgan fingerprint density at radius 2 is 1.34 bits per heavy atom. The zero-order valence-electron chi connectivity index (χ0n) is 21.4. The molecule has 204 valence electrons. The van der Waals surface area contributed by atoms with Crippen molar-refractivity contribution in [3.05, 3.63) is 87.4 Å². The Hall–Kier alpha value is -2.98. The van der Waals surface area contributed by atoms with E-state index in [1.807, 2.05) is 0 Å². The van der Waals surface area contributed by atoms with Crippen LogP contribution in [0.2, 0.25) is 0 Å². The normalized spacial score (nSPS) is 14.8. The Bertz CT molecular complexity index is 1460. The first-order valence-electron chi connectivity index (χ1n) is 12.7. The number of hydrogen-bond donors (Lipinski definition) is 1. The molecule has 0 bridgehead atoms. The molecule has 10 heteroatoms. The van der Waals surface area contributed by atoms with Gasteiger partial charge >= 0.3 is 20.4 Å². The topological polar surface area (TPSA) is 96.0 Å². The average molecular weight is 564 g/mol. The molecule has 0 radical (unpaired) electrons. The number of nitrogens with zero attached hydrogens (tertiary/aromatic N) is 1. The molecule has 0 saturated carbocycles. The number of fused-ring (bicyclic) bond motifs is 3. The summed E-state index contributed by atoms with van der Waals surface area (Å²) in [4.78, 5) is -2.83. The van der Waals surface area contributed by atoms with E-state index in [4.69, 9.17) is 5.41 Å². The molecule has 2 aliphatic carbocycles. The van der Waals surface area contributed by atoms with E-state index in [9.17, 15) is 24.6 Å². The lowest BCUT2D eigenvalue weighted by molar-refractivity contribution is -0.697. The molecule has 0 spiro atoms. The van der Waals surface area contributed by atoms with Crippen LogP contribution in [-0.4, -0.2) is 22.5 Å². The molecule has 2 aromatic rings. The molecule has 0 aliphatic heterocycles. The van der Waals surface area contributed by atoms with E-state index in [0.717, 1.165) is 6.08 Å². The van der Waals surface area contributed by atoms with Crippen molar-refractivity contribution in [3.63, 3.8) is 0 Å². The summed E-state index contributed by atoms with van der Waals surface area (Å²) in [6, 6.07) is 12.9. The molecule has 1 aromatic carbocycles. The molecular weight excluding hydrogens is 530 g/mol. The molecule has 0 atom stereocenters. The lowest BCUT2D eigenvalue weighted by atomic mass is 9.95. The summed E-state index contributed by atoms with van der Waals surface area (Å²) < 4.78 is 73.7. The first-order valence-corrected chi connectivity index (χ1v) is 15.5. The van der Waals surface area contributed by atoms with Crippen LogP contribution in [-0.2, 0) is 27.0 Å². The second kappa shape index (κ2) is 13.2. The molecule has 0 saturated heterocycles. The number of pyridine rings is 1. The van der Waals surface area contributed by atoms with E-state index in [0.29, 0.717) is 11.1 Å². The van der Waals surface area contributed by atoms with E-state index >= 15 is 0 Å². The predicted molar refractivity (Wildman–Crippen MR) is 146 cm³/mol. The standard InChI is InChI=1S/C15H26N.C13H7F2NO4S2/c1-2-3-4-5-6-7-8-10-13-16-14-11-9-12-15-16;14-21(17,18)11-6-9-8-4-2-1-3-7(8)5-10(9)12(16)13(11)22(15,19)20/h9,11-12,14-15H,2-8,10,13H2,1H3;1-6,16H/q+1;. The third-order valence-corrected chi connectivity index (χ3v) is 8.28. The Balaban J connectivity index is 0.000000223. The highest BCUT2D eigenvalue weighted by Gasteiger charge is 2.39. The van der Waals surface area contributed by atoms with Crippen LogP contribution < -0.4 is 4.57 Å². The highest BCUT2D eigenvalue weighted by molar-refractivity contribution is 7.95. The smallest absolute Gasteiger partial charge is 0.299 e. The summed E-state index contributed by atoms with van der Waals surface area (Å²) in [5, 5.41) is 7.80. The van der Waals surface area contributed by atoms with Gasteiger partial charge in [-0.2, -0.15) is 16.8 Å². The molecule has 1 N–H and O–H groups in total. The first-order chi connectivity index (χ1) is 18.0. The van der Waals surface area contributed by atoms with E-state index in [2.05, 4.69) is 42.1 Å². The van der Waals surface area contributed by atoms with Gasteiger partial charge in [-0.15, -0.1) is 7.77 Å². The Morgan fingerprint density at radius 3 is 1.95 bits per heavy atom. The lowest BCUT2D eigenvalue weighted by Gasteiger charge is -2.17. The van der Waals surface area contributed by atoms with Crippen LogP contribution >= 0.6 is 0 Å². The predicted octanol–water partition coefficient (Wildman–Crippen LogP) is 6.43.